The molecule has 0 aliphatic heterocycles. The Hall–Kier alpha value is -2.74. The van der Waals surface area contributed by atoms with Crippen molar-refractivity contribution < 1.29 is 9.59 Å². The van der Waals surface area contributed by atoms with E-state index < -0.39 is 0 Å². The second-order valence-electron chi connectivity index (χ2n) is 15.0. The van der Waals surface area contributed by atoms with Crippen LogP contribution in [0.5, 0.6) is 0 Å². The molecular formula is C42H64O2. The number of hydrogen-bond acceptors (Lipinski definition) is 2. The number of ketones is 2. The van der Waals surface area contributed by atoms with E-state index in [-0.39, 0.29) is 44.7 Å². The van der Waals surface area contributed by atoms with Gasteiger partial charge in [-0.3, -0.25) is 9.59 Å². The summed E-state index contributed by atoms with van der Waals surface area (Å²) in [6.07, 6.45) is 4.06. The zero-order valence-electron chi connectivity index (χ0n) is 28.4. The molecule has 2 nitrogen and oxygen atoms in total. The lowest BCUT2D eigenvalue weighted by Crippen LogP contribution is -2.24. The number of carbonyl (C=O) groups is 2. The van der Waals surface area contributed by atoms with Crippen LogP contribution in [0.1, 0.15) is 151 Å². The predicted octanol–water partition coefficient (Wildman–Crippen LogP) is 11.5. The quantitative estimate of drug-likeness (QED) is 0.350. The van der Waals surface area contributed by atoms with E-state index in [9.17, 15) is 9.59 Å². The minimum atomic E-state index is -0.0819. The van der Waals surface area contributed by atoms with Gasteiger partial charge in [-0.15, -0.1) is 0 Å². The molecule has 244 valence electrons. The minimum Gasteiger partial charge on any atom is -0.294 e. The van der Waals surface area contributed by atoms with Crippen LogP contribution in [0.2, 0.25) is 0 Å². The Labute approximate surface area is 271 Å². The third-order valence-electron chi connectivity index (χ3n) is 10.3. The number of hydrogen-bond donors (Lipinski definition) is 0. The first-order valence-electron chi connectivity index (χ1n) is 15.5. The summed E-state index contributed by atoms with van der Waals surface area (Å²) in [5.41, 5.74) is 20.2. The van der Waals surface area contributed by atoms with Crippen LogP contribution in [0.15, 0.2) is 11.1 Å². The Balaban J connectivity index is 0.00000323. The van der Waals surface area contributed by atoms with Crippen molar-refractivity contribution in [3.8, 4) is 0 Å². The number of benzene rings is 2. The van der Waals surface area contributed by atoms with Gasteiger partial charge in [-0.2, -0.15) is 0 Å². The fourth-order valence-corrected chi connectivity index (χ4v) is 8.01. The zero-order valence-corrected chi connectivity index (χ0v) is 28.4. The summed E-state index contributed by atoms with van der Waals surface area (Å²) < 4.78 is 0. The average Bonchev–Trinajstić information content (AvgIpc) is 2.85. The summed E-state index contributed by atoms with van der Waals surface area (Å²) in [7, 11) is 0. The molecule has 0 atom stereocenters. The molecular weight excluding hydrogens is 536 g/mol. The molecule has 2 aromatic carbocycles. The van der Waals surface area contributed by atoms with Gasteiger partial charge in [0, 0.05) is 12.8 Å². The van der Waals surface area contributed by atoms with Crippen molar-refractivity contribution >= 4 is 22.7 Å². The molecule has 2 aromatic rings. The van der Waals surface area contributed by atoms with Crippen molar-refractivity contribution in [3.63, 3.8) is 0 Å². The van der Waals surface area contributed by atoms with Crippen LogP contribution < -0.4 is 0 Å². The van der Waals surface area contributed by atoms with E-state index in [1.807, 2.05) is 13.8 Å². The van der Waals surface area contributed by atoms with Gasteiger partial charge in [-0.1, -0.05) is 63.8 Å². The highest BCUT2D eigenvalue weighted by atomic mass is 16.1. The van der Waals surface area contributed by atoms with Crippen molar-refractivity contribution in [2.75, 3.05) is 0 Å². The Kier molecular flexibility index (Phi) is 11.9. The number of rotatable bonds is 4. The highest BCUT2D eigenvalue weighted by molar-refractivity contribution is 6.09. The summed E-state index contributed by atoms with van der Waals surface area (Å²) in [6, 6.07) is 0. The maximum Gasteiger partial charge on any atom is 0.163 e. The number of Topliss-reactive ketones (excluding diaryl/α,β-unsaturated/α-hetero) is 2. The van der Waals surface area contributed by atoms with E-state index in [1.54, 1.807) is 0 Å². The molecule has 0 bridgehead atoms. The first kappa shape index (κ1) is 39.3. The first-order chi connectivity index (χ1) is 18.8. The maximum atomic E-state index is 13.1. The molecule has 0 radical (unpaired) electrons. The van der Waals surface area contributed by atoms with Gasteiger partial charge in [0.05, 0.1) is 0 Å². The van der Waals surface area contributed by atoms with Gasteiger partial charge in [0.25, 0.3) is 0 Å². The van der Waals surface area contributed by atoms with E-state index >= 15 is 0 Å². The molecule has 4 rings (SSSR count). The second kappa shape index (κ2) is 13.3. The van der Waals surface area contributed by atoms with Crippen molar-refractivity contribution in [1.29, 1.82) is 0 Å². The first-order valence-corrected chi connectivity index (χ1v) is 15.5. The van der Waals surface area contributed by atoms with Gasteiger partial charge < -0.3 is 0 Å². The Morgan fingerprint density at radius 3 is 1.05 bits per heavy atom. The molecule has 0 saturated carbocycles. The lowest BCUT2D eigenvalue weighted by molar-refractivity contribution is -0.115. The molecule has 0 fully saturated rings. The molecule has 0 N–H and O–H groups in total. The Morgan fingerprint density at radius 2 is 0.773 bits per heavy atom. The predicted molar refractivity (Wildman–Crippen MR) is 195 cm³/mol. The van der Waals surface area contributed by atoms with Crippen molar-refractivity contribution in [2.45, 2.75) is 151 Å². The monoisotopic (exact) mass is 600 g/mol. The molecule has 0 spiro atoms. The van der Waals surface area contributed by atoms with Gasteiger partial charge in [-0.05, 0) is 175 Å². The lowest BCUT2D eigenvalue weighted by Gasteiger charge is -2.35. The zero-order chi connectivity index (χ0) is 30.9. The second-order valence-corrected chi connectivity index (χ2v) is 15.0. The van der Waals surface area contributed by atoms with Crippen LogP contribution in [0, 0.1) is 52.4 Å². The molecule has 0 heterocycles. The molecule has 44 heavy (non-hydrogen) atoms. The van der Waals surface area contributed by atoms with Crippen LogP contribution in [0.4, 0.5) is 0 Å². The van der Waals surface area contributed by atoms with Gasteiger partial charge in [-0.25, -0.2) is 0 Å². The van der Waals surface area contributed by atoms with Gasteiger partial charge >= 0.3 is 0 Å². The molecule has 2 aliphatic rings. The van der Waals surface area contributed by atoms with Crippen LogP contribution in [-0.2, 0) is 35.3 Å². The van der Waals surface area contributed by atoms with Crippen LogP contribution in [0.3, 0.4) is 0 Å². The van der Waals surface area contributed by atoms with Gasteiger partial charge in [0.15, 0.2) is 11.6 Å². The molecule has 0 amide bonds. The molecule has 0 saturated heterocycles. The number of fused-ring (bicyclic) bond motifs is 2. The largest absolute Gasteiger partial charge is 0.294 e. The lowest BCUT2D eigenvalue weighted by atomic mass is 9.69. The van der Waals surface area contributed by atoms with Crippen molar-refractivity contribution in [1.82, 2.24) is 0 Å². The van der Waals surface area contributed by atoms with Crippen molar-refractivity contribution in [2.24, 2.45) is 10.8 Å². The molecule has 0 unspecified atom stereocenters. The Morgan fingerprint density at radius 1 is 0.477 bits per heavy atom. The average molecular weight is 601 g/mol. The van der Waals surface area contributed by atoms with E-state index in [0.717, 1.165) is 30.4 Å². The highest BCUT2D eigenvalue weighted by Crippen LogP contribution is 2.47. The maximum absolute atomic E-state index is 13.1. The smallest absolute Gasteiger partial charge is 0.163 e. The summed E-state index contributed by atoms with van der Waals surface area (Å²) in [5, 5.41) is 0. The van der Waals surface area contributed by atoms with Crippen LogP contribution in [-0.4, -0.2) is 11.6 Å². The molecule has 2 heteroatoms. The van der Waals surface area contributed by atoms with Gasteiger partial charge in [0.2, 0.25) is 0 Å². The number of allylic oxidation sites excluding steroid dienone is 4. The normalized spacial score (nSPS) is 15.0. The fraction of sp³-hybridized carbons (Fsp3) is 0.571. The van der Waals surface area contributed by atoms with E-state index in [1.165, 1.54) is 77.9 Å². The SMILES string of the molecule is C.C.C.CC1=C(C(C)(C)C)c2c(C)c(C)c(CCCc3c(C)c(C)c4c(c3C)CC(=O)C(C)=C4C(C)(C)C)c(C)c2CC1=O. The summed E-state index contributed by atoms with van der Waals surface area (Å²) >= 11 is 0. The fourth-order valence-electron chi connectivity index (χ4n) is 8.01. The van der Waals surface area contributed by atoms with Crippen LogP contribution >= 0.6 is 0 Å². The Bertz CT molecular complexity index is 1440. The topological polar surface area (TPSA) is 34.1 Å². The van der Waals surface area contributed by atoms with E-state index in [2.05, 4.69) is 83.1 Å². The molecule has 0 aromatic heterocycles. The van der Waals surface area contributed by atoms with Gasteiger partial charge in [0.1, 0.15) is 0 Å². The third kappa shape index (κ3) is 6.33. The summed E-state index contributed by atoms with van der Waals surface area (Å²) in [4.78, 5) is 26.3. The summed E-state index contributed by atoms with van der Waals surface area (Å²) in [6.45, 7) is 31.0. The van der Waals surface area contributed by atoms with Crippen LogP contribution in [0.25, 0.3) is 11.1 Å². The number of carbonyl (C=O) groups excluding carboxylic acids is 2. The summed E-state index contributed by atoms with van der Waals surface area (Å²) in [5.74, 6) is 0.535. The standard InChI is InChI=1S/C39H52O2.3CH4/c1-20-22(3)34-30(18-32(40)26(7)36(34)38(9,10)11)24(5)28(20)16-15-17-29-21(2)23(4)35-31(25(29)6)19-33(41)27(8)37(35)39(12,13)14;;;/h15-19H2,1-14H3;3*1H4. The highest BCUT2D eigenvalue weighted by Gasteiger charge is 2.35. The minimum absolute atomic E-state index is 0. The van der Waals surface area contributed by atoms with Crippen molar-refractivity contribution in [3.05, 3.63) is 77.9 Å². The van der Waals surface area contributed by atoms with E-state index in [0.29, 0.717) is 12.8 Å². The molecule has 2 aliphatic carbocycles. The van der Waals surface area contributed by atoms with E-state index in [4.69, 9.17) is 0 Å². The third-order valence-corrected chi connectivity index (χ3v) is 10.3.